The molecule has 0 unspecified atom stereocenters. The van der Waals surface area contributed by atoms with Crippen molar-refractivity contribution in [3.63, 3.8) is 0 Å². The molecule has 0 aromatic heterocycles. The zero-order valence-corrected chi connectivity index (χ0v) is 13.0. The fourth-order valence-electron chi connectivity index (χ4n) is 2.08. The molecular formula is C14H22N2O4S. The van der Waals surface area contributed by atoms with Gasteiger partial charge in [0.15, 0.2) is 0 Å². The van der Waals surface area contributed by atoms with Crippen LogP contribution in [-0.2, 0) is 14.8 Å². The van der Waals surface area contributed by atoms with Crippen LogP contribution >= 0.6 is 0 Å². The SMILES string of the molecule is COCCN(C1CC1)S(=O)(=O)CCOc1cccc(N)c1. The lowest BCUT2D eigenvalue weighted by Gasteiger charge is -2.21. The Hall–Kier alpha value is -1.31. The van der Waals surface area contributed by atoms with E-state index in [4.69, 9.17) is 15.2 Å². The number of rotatable bonds is 9. The van der Waals surface area contributed by atoms with Gasteiger partial charge in [-0.1, -0.05) is 6.07 Å². The zero-order valence-electron chi connectivity index (χ0n) is 12.2. The highest BCUT2D eigenvalue weighted by molar-refractivity contribution is 7.89. The monoisotopic (exact) mass is 314 g/mol. The van der Waals surface area contributed by atoms with E-state index in [1.165, 1.54) is 0 Å². The summed E-state index contributed by atoms with van der Waals surface area (Å²) in [5.74, 6) is 0.544. The lowest BCUT2D eigenvalue weighted by molar-refractivity contribution is 0.177. The van der Waals surface area contributed by atoms with Gasteiger partial charge >= 0.3 is 0 Å². The van der Waals surface area contributed by atoms with Gasteiger partial charge in [0.25, 0.3) is 0 Å². The fourth-order valence-corrected chi connectivity index (χ4v) is 3.63. The Kier molecular flexibility index (Phi) is 5.44. The normalized spacial score (nSPS) is 15.3. The summed E-state index contributed by atoms with van der Waals surface area (Å²) in [4.78, 5) is 0. The first-order chi connectivity index (χ1) is 10.0. The minimum Gasteiger partial charge on any atom is -0.492 e. The van der Waals surface area contributed by atoms with Gasteiger partial charge in [-0.2, -0.15) is 4.31 Å². The summed E-state index contributed by atoms with van der Waals surface area (Å²) >= 11 is 0. The molecule has 7 heteroatoms. The average Bonchev–Trinajstić information content (AvgIpc) is 3.23. The number of anilines is 1. The maximum Gasteiger partial charge on any atom is 0.217 e. The Morgan fingerprint density at radius 2 is 2.10 bits per heavy atom. The predicted molar refractivity (Wildman–Crippen MR) is 81.7 cm³/mol. The quantitative estimate of drug-likeness (QED) is 0.690. The third-order valence-corrected chi connectivity index (χ3v) is 5.17. The second-order valence-corrected chi connectivity index (χ2v) is 7.11. The lowest BCUT2D eigenvalue weighted by atomic mass is 10.3. The predicted octanol–water partition coefficient (Wildman–Crippen LogP) is 1.09. The highest BCUT2D eigenvalue weighted by Gasteiger charge is 2.36. The van der Waals surface area contributed by atoms with Crippen molar-refractivity contribution >= 4 is 15.7 Å². The Morgan fingerprint density at radius 1 is 1.33 bits per heavy atom. The van der Waals surface area contributed by atoms with Crippen LogP contribution in [0.1, 0.15) is 12.8 Å². The molecule has 2 rings (SSSR count). The van der Waals surface area contributed by atoms with E-state index in [2.05, 4.69) is 0 Å². The largest absolute Gasteiger partial charge is 0.492 e. The molecule has 1 aromatic rings. The van der Waals surface area contributed by atoms with Crippen molar-refractivity contribution < 1.29 is 17.9 Å². The van der Waals surface area contributed by atoms with E-state index in [1.54, 1.807) is 35.7 Å². The molecule has 1 fully saturated rings. The smallest absolute Gasteiger partial charge is 0.217 e. The highest BCUT2D eigenvalue weighted by Crippen LogP contribution is 2.29. The van der Waals surface area contributed by atoms with Crippen LogP contribution in [0.3, 0.4) is 0 Å². The zero-order chi connectivity index (χ0) is 15.3. The van der Waals surface area contributed by atoms with E-state index >= 15 is 0 Å². The van der Waals surface area contributed by atoms with Crippen LogP contribution in [0.4, 0.5) is 5.69 Å². The van der Waals surface area contributed by atoms with Crippen molar-refractivity contribution in [2.75, 3.05) is 38.4 Å². The van der Waals surface area contributed by atoms with Crippen LogP contribution in [0.25, 0.3) is 0 Å². The summed E-state index contributed by atoms with van der Waals surface area (Å²) < 4.78 is 36.7. The third kappa shape index (κ3) is 4.87. The summed E-state index contributed by atoms with van der Waals surface area (Å²) in [6.45, 7) is 0.926. The van der Waals surface area contributed by atoms with Crippen LogP contribution in [0, 0.1) is 0 Å². The Labute approximate surface area is 125 Å². The van der Waals surface area contributed by atoms with Crippen molar-refractivity contribution in [2.45, 2.75) is 18.9 Å². The number of methoxy groups -OCH3 is 1. The number of sulfonamides is 1. The van der Waals surface area contributed by atoms with Crippen molar-refractivity contribution in [2.24, 2.45) is 0 Å². The molecule has 0 aliphatic heterocycles. The van der Waals surface area contributed by atoms with E-state index in [1.807, 2.05) is 0 Å². The number of benzene rings is 1. The van der Waals surface area contributed by atoms with Crippen LogP contribution in [-0.4, -0.2) is 51.4 Å². The van der Waals surface area contributed by atoms with Gasteiger partial charge in [0.05, 0.1) is 12.4 Å². The van der Waals surface area contributed by atoms with Gasteiger partial charge in [0.2, 0.25) is 10.0 Å². The van der Waals surface area contributed by atoms with Gasteiger partial charge in [-0.3, -0.25) is 0 Å². The van der Waals surface area contributed by atoms with Gasteiger partial charge < -0.3 is 15.2 Å². The number of hydrogen-bond acceptors (Lipinski definition) is 5. The van der Waals surface area contributed by atoms with Crippen molar-refractivity contribution in [3.8, 4) is 5.75 Å². The lowest BCUT2D eigenvalue weighted by Crippen LogP contribution is -2.38. The Balaban J connectivity index is 1.87. The van der Waals surface area contributed by atoms with Gasteiger partial charge in [0.1, 0.15) is 12.4 Å². The Morgan fingerprint density at radius 3 is 2.71 bits per heavy atom. The summed E-state index contributed by atoms with van der Waals surface area (Å²) in [6.07, 6.45) is 1.86. The summed E-state index contributed by atoms with van der Waals surface area (Å²) in [5, 5.41) is 0. The number of hydrogen-bond donors (Lipinski definition) is 1. The highest BCUT2D eigenvalue weighted by atomic mass is 32.2. The molecule has 118 valence electrons. The number of ether oxygens (including phenoxy) is 2. The summed E-state index contributed by atoms with van der Waals surface area (Å²) in [7, 11) is -1.74. The molecule has 0 atom stereocenters. The number of nitrogen functional groups attached to an aromatic ring is 1. The average molecular weight is 314 g/mol. The van der Waals surface area contributed by atoms with Gasteiger partial charge in [-0.15, -0.1) is 0 Å². The van der Waals surface area contributed by atoms with E-state index in [-0.39, 0.29) is 18.4 Å². The van der Waals surface area contributed by atoms with Crippen LogP contribution in [0.2, 0.25) is 0 Å². The molecule has 6 nitrogen and oxygen atoms in total. The van der Waals surface area contributed by atoms with Crippen LogP contribution in [0.5, 0.6) is 5.75 Å². The number of nitrogens with zero attached hydrogens (tertiary/aromatic N) is 1. The van der Waals surface area contributed by atoms with Crippen LogP contribution in [0.15, 0.2) is 24.3 Å². The molecule has 1 aromatic carbocycles. The van der Waals surface area contributed by atoms with E-state index in [9.17, 15) is 8.42 Å². The molecule has 1 aliphatic rings. The minimum absolute atomic E-state index is 0.0397. The second-order valence-electron chi connectivity index (χ2n) is 5.07. The van der Waals surface area contributed by atoms with E-state index < -0.39 is 10.0 Å². The minimum atomic E-state index is -3.31. The topological polar surface area (TPSA) is 81.9 Å². The second kappa shape index (κ2) is 7.11. The van der Waals surface area contributed by atoms with Crippen molar-refractivity contribution in [3.05, 3.63) is 24.3 Å². The van der Waals surface area contributed by atoms with Crippen molar-refractivity contribution in [1.82, 2.24) is 4.31 Å². The fraction of sp³-hybridized carbons (Fsp3) is 0.571. The molecule has 1 saturated carbocycles. The summed E-state index contributed by atoms with van der Waals surface area (Å²) in [6, 6.07) is 7.10. The summed E-state index contributed by atoms with van der Waals surface area (Å²) in [5.41, 5.74) is 6.24. The molecule has 0 spiro atoms. The molecule has 0 radical (unpaired) electrons. The maximum absolute atomic E-state index is 12.3. The molecular weight excluding hydrogens is 292 g/mol. The maximum atomic E-state index is 12.3. The molecule has 0 saturated heterocycles. The van der Waals surface area contributed by atoms with E-state index in [0.29, 0.717) is 24.6 Å². The molecule has 0 amide bonds. The molecule has 2 N–H and O–H groups in total. The first kappa shape index (κ1) is 16.1. The molecule has 21 heavy (non-hydrogen) atoms. The van der Waals surface area contributed by atoms with Crippen LogP contribution < -0.4 is 10.5 Å². The first-order valence-corrected chi connectivity index (χ1v) is 8.60. The standard InChI is InChI=1S/C14H22N2O4S/c1-19-8-7-16(13-5-6-13)21(17,18)10-9-20-14-4-2-3-12(15)11-14/h2-4,11,13H,5-10,15H2,1H3. The van der Waals surface area contributed by atoms with Gasteiger partial charge in [0, 0.05) is 31.5 Å². The third-order valence-electron chi connectivity index (χ3n) is 3.30. The molecule has 0 heterocycles. The number of nitrogens with two attached hydrogens (primary N) is 1. The van der Waals surface area contributed by atoms with Gasteiger partial charge in [-0.05, 0) is 25.0 Å². The molecule has 1 aliphatic carbocycles. The first-order valence-electron chi connectivity index (χ1n) is 7.00. The van der Waals surface area contributed by atoms with E-state index in [0.717, 1.165) is 12.8 Å². The van der Waals surface area contributed by atoms with Crippen molar-refractivity contribution in [1.29, 1.82) is 0 Å². The Bertz CT molecular complexity index is 558. The van der Waals surface area contributed by atoms with Gasteiger partial charge in [-0.25, -0.2) is 8.42 Å². The molecule has 0 bridgehead atoms.